The topological polar surface area (TPSA) is 34.1 Å². The fourth-order valence-electron chi connectivity index (χ4n) is 1.58. The minimum absolute atomic E-state index is 0.453. The first-order valence-electron chi connectivity index (χ1n) is 5.87. The molecule has 1 unspecified atom stereocenters. The second kappa shape index (κ2) is 9.63. The molecule has 0 heterocycles. The highest BCUT2D eigenvalue weighted by atomic mass is 16.1. The van der Waals surface area contributed by atoms with Gasteiger partial charge in [-0.25, -0.2) is 0 Å². The number of rotatable bonds is 9. The molecule has 0 N–H and O–H groups in total. The predicted molar refractivity (Wildman–Crippen MR) is 62.8 cm³/mol. The quantitative estimate of drug-likeness (QED) is 0.432. The summed E-state index contributed by atoms with van der Waals surface area (Å²) in [6, 6.07) is 0. The summed E-state index contributed by atoms with van der Waals surface area (Å²) in [5.74, 6) is 0.497. The number of aldehydes is 2. The molecule has 2 nitrogen and oxygen atoms in total. The third-order valence-corrected chi connectivity index (χ3v) is 2.60. The van der Waals surface area contributed by atoms with Crippen molar-refractivity contribution in [2.45, 2.75) is 52.4 Å². The average Bonchev–Trinajstić information content (AvgIpc) is 2.28. The Bertz CT molecular complexity index is 207. The van der Waals surface area contributed by atoms with Crippen LogP contribution in [0.4, 0.5) is 0 Å². The maximum absolute atomic E-state index is 10.8. The van der Waals surface area contributed by atoms with Gasteiger partial charge >= 0.3 is 0 Å². The lowest BCUT2D eigenvalue weighted by molar-refractivity contribution is -0.107. The fourth-order valence-corrected chi connectivity index (χ4v) is 1.58. The lowest BCUT2D eigenvalue weighted by atomic mass is 9.95. The molecule has 1 atom stereocenters. The first-order valence-corrected chi connectivity index (χ1v) is 5.87. The molecule has 0 rings (SSSR count). The highest BCUT2D eigenvalue weighted by Crippen LogP contribution is 2.17. The largest absolute Gasteiger partial charge is 0.303 e. The molecule has 0 aromatic carbocycles. The van der Waals surface area contributed by atoms with Crippen LogP contribution in [0.3, 0.4) is 0 Å². The summed E-state index contributed by atoms with van der Waals surface area (Å²) < 4.78 is 0. The van der Waals surface area contributed by atoms with Gasteiger partial charge < -0.3 is 4.79 Å². The Morgan fingerprint density at radius 3 is 2.47 bits per heavy atom. The number of carbonyl (C=O) groups excluding carboxylic acids is 2. The highest BCUT2D eigenvalue weighted by Gasteiger charge is 2.04. The summed E-state index contributed by atoms with van der Waals surface area (Å²) >= 11 is 0. The minimum Gasteiger partial charge on any atom is -0.303 e. The molecular formula is C13H22O2. The van der Waals surface area contributed by atoms with Gasteiger partial charge in [-0.05, 0) is 30.8 Å². The van der Waals surface area contributed by atoms with E-state index in [4.69, 9.17) is 0 Å². The van der Waals surface area contributed by atoms with Crippen LogP contribution >= 0.6 is 0 Å². The van der Waals surface area contributed by atoms with Gasteiger partial charge in [-0.3, -0.25) is 4.79 Å². The Morgan fingerprint density at radius 2 is 2.00 bits per heavy atom. The van der Waals surface area contributed by atoms with Crippen LogP contribution in [0, 0.1) is 5.92 Å². The van der Waals surface area contributed by atoms with Gasteiger partial charge in [0.2, 0.25) is 0 Å². The van der Waals surface area contributed by atoms with E-state index in [1.807, 2.05) is 6.08 Å². The minimum atomic E-state index is 0.453. The van der Waals surface area contributed by atoms with Gasteiger partial charge in [0.05, 0.1) is 0 Å². The Kier molecular flexibility index (Phi) is 9.04. The molecule has 0 bridgehead atoms. The van der Waals surface area contributed by atoms with Crippen molar-refractivity contribution < 1.29 is 9.59 Å². The summed E-state index contributed by atoms with van der Waals surface area (Å²) in [7, 11) is 0. The van der Waals surface area contributed by atoms with Crippen LogP contribution in [0.15, 0.2) is 11.6 Å². The molecule has 0 fully saturated rings. The van der Waals surface area contributed by atoms with Crippen molar-refractivity contribution in [1.82, 2.24) is 0 Å². The highest BCUT2D eigenvalue weighted by molar-refractivity contribution is 5.74. The number of unbranched alkanes of at least 4 members (excludes halogenated alkanes) is 1. The molecule has 0 amide bonds. The number of carbonyl (C=O) groups is 2. The standard InChI is InChI=1S/C13H22O2/c1-3-5-7-12(4-2)10-13(11-15)8-6-9-14/h9-12H,3-8H2,1-2H3. The van der Waals surface area contributed by atoms with Crippen LogP contribution in [0.5, 0.6) is 0 Å². The van der Waals surface area contributed by atoms with E-state index >= 15 is 0 Å². The third kappa shape index (κ3) is 7.06. The molecule has 15 heavy (non-hydrogen) atoms. The van der Waals surface area contributed by atoms with Crippen molar-refractivity contribution in [3.63, 3.8) is 0 Å². The number of allylic oxidation sites excluding steroid dienone is 2. The van der Waals surface area contributed by atoms with E-state index in [0.717, 1.165) is 31.0 Å². The SMILES string of the molecule is CCCCC(C=C(C=O)CCC=O)CC. The van der Waals surface area contributed by atoms with Crippen molar-refractivity contribution in [3.8, 4) is 0 Å². The fraction of sp³-hybridized carbons (Fsp3) is 0.692. The van der Waals surface area contributed by atoms with E-state index in [1.54, 1.807) is 0 Å². The molecule has 0 aliphatic carbocycles. The van der Waals surface area contributed by atoms with Crippen LogP contribution < -0.4 is 0 Å². The van der Waals surface area contributed by atoms with Gasteiger partial charge in [-0.15, -0.1) is 0 Å². The van der Waals surface area contributed by atoms with Gasteiger partial charge in [0.25, 0.3) is 0 Å². The number of hydrogen-bond donors (Lipinski definition) is 0. The molecule has 0 aromatic heterocycles. The summed E-state index contributed by atoms with van der Waals surface area (Å²) in [4.78, 5) is 21.0. The molecule has 0 spiro atoms. The Balaban J connectivity index is 4.19. The maximum Gasteiger partial charge on any atom is 0.145 e. The summed E-state index contributed by atoms with van der Waals surface area (Å²) in [5, 5.41) is 0. The third-order valence-electron chi connectivity index (χ3n) is 2.60. The van der Waals surface area contributed by atoms with E-state index in [0.29, 0.717) is 18.8 Å². The van der Waals surface area contributed by atoms with Crippen LogP contribution in [-0.2, 0) is 9.59 Å². The second-order valence-electron chi connectivity index (χ2n) is 3.88. The van der Waals surface area contributed by atoms with E-state index in [2.05, 4.69) is 13.8 Å². The zero-order chi connectivity index (χ0) is 11.5. The van der Waals surface area contributed by atoms with Gasteiger partial charge in [0.1, 0.15) is 12.6 Å². The van der Waals surface area contributed by atoms with E-state index in [-0.39, 0.29) is 0 Å². The van der Waals surface area contributed by atoms with Crippen LogP contribution in [0.25, 0.3) is 0 Å². The summed E-state index contributed by atoms with van der Waals surface area (Å²) in [5.41, 5.74) is 0.782. The van der Waals surface area contributed by atoms with Crippen molar-refractivity contribution in [1.29, 1.82) is 0 Å². The molecule has 0 aromatic rings. The zero-order valence-corrected chi connectivity index (χ0v) is 9.87. The monoisotopic (exact) mass is 210 g/mol. The molecule has 0 saturated heterocycles. The summed E-state index contributed by atoms with van der Waals surface area (Å²) in [6.07, 6.45) is 9.45. The molecular weight excluding hydrogens is 188 g/mol. The second-order valence-corrected chi connectivity index (χ2v) is 3.88. The van der Waals surface area contributed by atoms with Crippen LogP contribution in [0.1, 0.15) is 52.4 Å². The van der Waals surface area contributed by atoms with Gasteiger partial charge in [0, 0.05) is 6.42 Å². The van der Waals surface area contributed by atoms with Crippen molar-refractivity contribution in [2.24, 2.45) is 5.92 Å². The van der Waals surface area contributed by atoms with E-state index in [9.17, 15) is 9.59 Å². The predicted octanol–water partition coefficient (Wildman–Crippen LogP) is 3.31. The van der Waals surface area contributed by atoms with Gasteiger partial charge in [-0.1, -0.05) is 32.8 Å². The molecule has 86 valence electrons. The van der Waals surface area contributed by atoms with Gasteiger partial charge in [0.15, 0.2) is 0 Å². The smallest absolute Gasteiger partial charge is 0.145 e. The Labute approximate surface area is 92.8 Å². The molecule has 2 heteroatoms. The Hall–Kier alpha value is -0.920. The normalized spacial score (nSPS) is 13.6. The van der Waals surface area contributed by atoms with Crippen molar-refractivity contribution in [3.05, 3.63) is 11.6 Å². The lowest BCUT2D eigenvalue weighted by Crippen LogP contribution is -1.98. The van der Waals surface area contributed by atoms with Crippen molar-refractivity contribution in [2.75, 3.05) is 0 Å². The Morgan fingerprint density at radius 1 is 1.27 bits per heavy atom. The number of hydrogen-bond acceptors (Lipinski definition) is 2. The maximum atomic E-state index is 10.8. The van der Waals surface area contributed by atoms with Gasteiger partial charge in [-0.2, -0.15) is 0 Å². The molecule has 0 radical (unpaired) electrons. The van der Waals surface area contributed by atoms with Crippen LogP contribution in [0.2, 0.25) is 0 Å². The zero-order valence-electron chi connectivity index (χ0n) is 9.87. The molecule has 0 aliphatic heterocycles. The first kappa shape index (κ1) is 14.1. The lowest BCUT2D eigenvalue weighted by Gasteiger charge is -2.10. The van der Waals surface area contributed by atoms with E-state index in [1.165, 1.54) is 12.8 Å². The first-order chi connectivity index (χ1) is 7.28. The molecule has 0 saturated carbocycles. The molecule has 0 aliphatic rings. The van der Waals surface area contributed by atoms with Crippen LogP contribution in [-0.4, -0.2) is 12.6 Å². The van der Waals surface area contributed by atoms with E-state index < -0.39 is 0 Å². The average molecular weight is 210 g/mol. The van der Waals surface area contributed by atoms with Crippen molar-refractivity contribution >= 4 is 12.6 Å². The summed E-state index contributed by atoms with van der Waals surface area (Å²) in [6.45, 7) is 4.31.